The van der Waals surface area contributed by atoms with Gasteiger partial charge in [0.05, 0.1) is 27.7 Å². The second-order valence-corrected chi connectivity index (χ2v) is 5.11. The van der Waals surface area contributed by atoms with Crippen molar-refractivity contribution in [3.63, 3.8) is 0 Å². The fourth-order valence-corrected chi connectivity index (χ4v) is 1.63. The molecule has 1 rings (SSSR count). The minimum Gasteiger partial charge on any atom is -0.331 e. The largest absolute Gasteiger partial charge is 0.331 e. The summed E-state index contributed by atoms with van der Waals surface area (Å²) in [5.41, 5.74) is 2.84. The third-order valence-electron chi connectivity index (χ3n) is 2.38. The Labute approximate surface area is 88.0 Å². The van der Waals surface area contributed by atoms with E-state index in [9.17, 15) is 0 Å². The van der Waals surface area contributed by atoms with Gasteiger partial charge in [-0.2, -0.15) is 0 Å². The number of hydrogen-bond acceptors (Lipinski definition) is 0. The van der Waals surface area contributed by atoms with E-state index in [-0.39, 0.29) is 0 Å². The molecule has 1 heteroatoms. The molecule has 1 nitrogen and oxygen atoms in total. The molecule has 0 aliphatic carbocycles. The van der Waals surface area contributed by atoms with Crippen LogP contribution in [0.5, 0.6) is 0 Å². The first-order valence-corrected chi connectivity index (χ1v) is 5.33. The van der Waals surface area contributed by atoms with Crippen LogP contribution in [0.1, 0.15) is 17.5 Å². The molecular formula is C13H22N+. The molecule has 0 spiro atoms. The van der Waals surface area contributed by atoms with Crippen LogP contribution >= 0.6 is 0 Å². The average molecular weight is 192 g/mol. The molecule has 1 aromatic carbocycles. The highest BCUT2D eigenvalue weighted by molar-refractivity contribution is 5.22. The lowest BCUT2D eigenvalue weighted by atomic mass is 10.1. The number of nitrogens with zero attached hydrogens (tertiary/aromatic N) is 1. The van der Waals surface area contributed by atoms with Crippen LogP contribution in [0.3, 0.4) is 0 Å². The second kappa shape index (κ2) is 4.61. The van der Waals surface area contributed by atoms with Gasteiger partial charge in [-0.05, 0) is 18.9 Å². The normalized spacial score (nSPS) is 11.7. The molecule has 0 N–H and O–H groups in total. The van der Waals surface area contributed by atoms with E-state index in [4.69, 9.17) is 0 Å². The SMILES string of the molecule is Cc1cccc(CCC[N+](C)(C)C)c1. The van der Waals surface area contributed by atoms with Gasteiger partial charge in [0.2, 0.25) is 0 Å². The highest BCUT2D eigenvalue weighted by Gasteiger charge is 2.05. The van der Waals surface area contributed by atoms with E-state index in [0.29, 0.717) is 0 Å². The van der Waals surface area contributed by atoms with Crippen LogP contribution in [0.25, 0.3) is 0 Å². The minimum absolute atomic E-state index is 1.06. The van der Waals surface area contributed by atoms with Gasteiger partial charge >= 0.3 is 0 Å². The molecule has 0 saturated carbocycles. The monoisotopic (exact) mass is 192 g/mol. The van der Waals surface area contributed by atoms with E-state index >= 15 is 0 Å². The van der Waals surface area contributed by atoms with E-state index in [1.807, 2.05) is 0 Å². The van der Waals surface area contributed by atoms with Crippen molar-refractivity contribution in [2.24, 2.45) is 0 Å². The van der Waals surface area contributed by atoms with Crippen molar-refractivity contribution in [1.29, 1.82) is 0 Å². The predicted molar refractivity (Wildman–Crippen MR) is 62.4 cm³/mol. The number of benzene rings is 1. The van der Waals surface area contributed by atoms with Crippen LogP contribution in [0, 0.1) is 6.92 Å². The maximum atomic E-state index is 2.29. The van der Waals surface area contributed by atoms with Crippen molar-refractivity contribution >= 4 is 0 Å². The molecule has 0 radical (unpaired) electrons. The topological polar surface area (TPSA) is 0 Å². The number of aryl methyl sites for hydroxylation is 2. The zero-order valence-corrected chi connectivity index (χ0v) is 9.88. The molecule has 0 aromatic heterocycles. The molecule has 1 aromatic rings. The van der Waals surface area contributed by atoms with Gasteiger partial charge in [0.25, 0.3) is 0 Å². The highest BCUT2D eigenvalue weighted by atomic mass is 15.3. The van der Waals surface area contributed by atoms with E-state index in [1.54, 1.807) is 0 Å². The minimum atomic E-state index is 1.06. The third-order valence-corrected chi connectivity index (χ3v) is 2.38. The smallest absolute Gasteiger partial charge is 0.0783 e. The Hall–Kier alpha value is -0.820. The Kier molecular flexibility index (Phi) is 3.70. The fourth-order valence-electron chi connectivity index (χ4n) is 1.63. The van der Waals surface area contributed by atoms with Crippen LogP contribution < -0.4 is 0 Å². The summed E-state index contributed by atoms with van der Waals surface area (Å²) < 4.78 is 1.06. The van der Waals surface area contributed by atoms with Crippen molar-refractivity contribution in [3.8, 4) is 0 Å². The van der Waals surface area contributed by atoms with Gasteiger partial charge in [-0.3, -0.25) is 0 Å². The van der Waals surface area contributed by atoms with E-state index in [2.05, 4.69) is 52.3 Å². The van der Waals surface area contributed by atoms with Crippen molar-refractivity contribution in [3.05, 3.63) is 35.4 Å². The first-order chi connectivity index (χ1) is 6.47. The summed E-state index contributed by atoms with van der Waals surface area (Å²) in [4.78, 5) is 0. The van der Waals surface area contributed by atoms with Crippen molar-refractivity contribution in [1.82, 2.24) is 0 Å². The molecule has 0 heterocycles. The molecule has 0 unspecified atom stereocenters. The Morgan fingerprint density at radius 3 is 2.43 bits per heavy atom. The molecule has 0 atom stereocenters. The van der Waals surface area contributed by atoms with E-state index in [0.717, 1.165) is 4.48 Å². The molecule has 0 fully saturated rings. The summed E-state index contributed by atoms with van der Waals surface area (Å²) >= 11 is 0. The summed E-state index contributed by atoms with van der Waals surface area (Å²) in [6.45, 7) is 3.40. The summed E-state index contributed by atoms with van der Waals surface area (Å²) in [6, 6.07) is 8.82. The summed E-state index contributed by atoms with van der Waals surface area (Å²) in [6.07, 6.45) is 2.48. The summed E-state index contributed by atoms with van der Waals surface area (Å²) in [5, 5.41) is 0. The van der Waals surface area contributed by atoms with Crippen molar-refractivity contribution in [2.45, 2.75) is 19.8 Å². The highest BCUT2D eigenvalue weighted by Crippen LogP contribution is 2.07. The fraction of sp³-hybridized carbons (Fsp3) is 0.538. The maximum absolute atomic E-state index is 2.29. The number of quaternary nitrogens is 1. The van der Waals surface area contributed by atoms with Gasteiger partial charge < -0.3 is 4.48 Å². The van der Waals surface area contributed by atoms with Crippen molar-refractivity contribution < 1.29 is 4.48 Å². The van der Waals surface area contributed by atoms with Crippen LogP contribution in [-0.4, -0.2) is 32.2 Å². The Balaban J connectivity index is 2.39. The van der Waals surface area contributed by atoms with Crippen LogP contribution in [0.15, 0.2) is 24.3 Å². The predicted octanol–water partition coefficient (Wildman–Crippen LogP) is 2.63. The van der Waals surface area contributed by atoms with Crippen LogP contribution in [0.2, 0.25) is 0 Å². The van der Waals surface area contributed by atoms with Gasteiger partial charge in [-0.25, -0.2) is 0 Å². The first kappa shape index (κ1) is 11.3. The molecule has 0 saturated heterocycles. The maximum Gasteiger partial charge on any atom is 0.0783 e. The summed E-state index contributed by atoms with van der Waals surface area (Å²) in [5.74, 6) is 0. The number of hydrogen-bond donors (Lipinski definition) is 0. The molecule has 0 aliphatic heterocycles. The lowest BCUT2D eigenvalue weighted by Gasteiger charge is -2.23. The van der Waals surface area contributed by atoms with E-state index < -0.39 is 0 Å². The Morgan fingerprint density at radius 2 is 1.86 bits per heavy atom. The lowest BCUT2D eigenvalue weighted by Crippen LogP contribution is -2.35. The van der Waals surface area contributed by atoms with Crippen molar-refractivity contribution in [2.75, 3.05) is 27.7 Å². The van der Waals surface area contributed by atoms with Crippen LogP contribution in [-0.2, 0) is 6.42 Å². The molecule has 0 bridgehead atoms. The Morgan fingerprint density at radius 1 is 1.14 bits per heavy atom. The first-order valence-electron chi connectivity index (χ1n) is 5.33. The van der Waals surface area contributed by atoms with Crippen LogP contribution in [0.4, 0.5) is 0 Å². The van der Waals surface area contributed by atoms with Gasteiger partial charge in [0.15, 0.2) is 0 Å². The second-order valence-electron chi connectivity index (χ2n) is 5.11. The van der Waals surface area contributed by atoms with E-state index in [1.165, 1.54) is 30.5 Å². The molecular weight excluding hydrogens is 170 g/mol. The standard InChI is InChI=1S/C13H22N/c1-12-7-5-8-13(11-12)9-6-10-14(2,3)4/h5,7-8,11H,6,9-10H2,1-4H3/q+1. The molecule has 0 amide bonds. The van der Waals surface area contributed by atoms with Gasteiger partial charge in [0, 0.05) is 6.42 Å². The molecule has 14 heavy (non-hydrogen) atoms. The zero-order valence-electron chi connectivity index (χ0n) is 9.88. The summed E-state index contributed by atoms with van der Waals surface area (Å²) in [7, 11) is 6.74. The van der Waals surface area contributed by atoms with Gasteiger partial charge in [-0.1, -0.05) is 29.8 Å². The van der Waals surface area contributed by atoms with Gasteiger partial charge in [-0.15, -0.1) is 0 Å². The zero-order chi connectivity index (χ0) is 10.6. The average Bonchev–Trinajstić information content (AvgIpc) is 2.01. The number of rotatable bonds is 4. The lowest BCUT2D eigenvalue weighted by molar-refractivity contribution is -0.870. The Bertz CT molecular complexity index is 284. The van der Waals surface area contributed by atoms with Gasteiger partial charge in [0.1, 0.15) is 0 Å². The molecule has 0 aliphatic rings. The third kappa shape index (κ3) is 4.43. The quantitative estimate of drug-likeness (QED) is 0.643. The molecule has 78 valence electrons.